The molecule has 0 bridgehead atoms. The van der Waals surface area contributed by atoms with Crippen LogP contribution in [0.3, 0.4) is 0 Å². The zero-order valence-electron chi connectivity index (χ0n) is 15.7. The molecule has 0 aliphatic rings. The maximum absolute atomic E-state index is 13.1. The molecule has 30 heavy (non-hydrogen) atoms. The average Bonchev–Trinajstić information content (AvgIpc) is 3.50. The number of rotatable bonds is 4. The molecule has 5 rings (SSSR count). The smallest absolute Gasteiger partial charge is 0.264 e. The maximum Gasteiger partial charge on any atom is 0.264 e. The van der Waals surface area contributed by atoms with E-state index in [0.29, 0.717) is 39.5 Å². The van der Waals surface area contributed by atoms with E-state index in [2.05, 4.69) is 25.7 Å². The first-order chi connectivity index (χ1) is 14.6. The summed E-state index contributed by atoms with van der Waals surface area (Å²) >= 11 is 0. The Kier molecular flexibility index (Phi) is 4.06. The van der Waals surface area contributed by atoms with Crippen LogP contribution in [0.2, 0.25) is 0 Å². The number of hydrogen-bond donors (Lipinski definition) is 3. The topological polar surface area (TPSA) is 130 Å². The number of anilines is 1. The molecule has 0 fully saturated rings. The van der Waals surface area contributed by atoms with E-state index in [0.717, 1.165) is 5.56 Å². The molecule has 0 atom stereocenters. The molecule has 1 amide bonds. The molecule has 0 unspecified atom stereocenters. The third kappa shape index (κ3) is 3.08. The molecule has 1 aromatic carbocycles. The summed E-state index contributed by atoms with van der Waals surface area (Å²) in [4.78, 5) is 28.8. The van der Waals surface area contributed by atoms with Crippen LogP contribution in [0.1, 0.15) is 16.1 Å². The van der Waals surface area contributed by atoms with Crippen molar-refractivity contribution in [1.29, 1.82) is 0 Å². The fraction of sp³-hybridized carbons (Fsp3) is 0.0476. The molecule has 4 aromatic heterocycles. The van der Waals surface area contributed by atoms with Gasteiger partial charge in [-0.2, -0.15) is 0 Å². The van der Waals surface area contributed by atoms with E-state index < -0.39 is 0 Å². The van der Waals surface area contributed by atoms with Crippen molar-refractivity contribution in [2.24, 2.45) is 0 Å². The van der Waals surface area contributed by atoms with Gasteiger partial charge in [0.15, 0.2) is 5.76 Å². The largest absolute Gasteiger partial charge is 0.463 e. The van der Waals surface area contributed by atoms with Gasteiger partial charge in [0.2, 0.25) is 0 Å². The Bertz CT molecular complexity index is 1410. The number of H-pyrrole nitrogens is 2. The molecule has 0 saturated heterocycles. The van der Waals surface area contributed by atoms with Crippen molar-refractivity contribution in [2.75, 3.05) is 5.32 Å². The van der Waals surface area contributed by atoms with E-state index in [1.54, 1.807) is 49.4 Å². The third-order valence-electron chi connectivity index (χ3n) is 4.68. The maximum atomic E-state index is 13.1. The number of aromatic nitrogens is 4. The monoisotopic (exact) mass is 401 g/mol. The number of hydrogen-bond acceptors (Lipinski definition) is 6. The van der Waals surface area contributed by atoms with E-state index in [4.69, 9.17) is 8.94 Å². The van der Waals surface area contributed by atoms with Crippen molar-refractivity contribution < 1.29 is 13.7 Å². The van der Waals surface area contributed by atoms with Crippen LogP contribution in [0.5, 0.6) is 0 Å². The van der Waals surface area contributed by atoms with Gasteiger partial charge < -0.3 is 14.3 Å². The Hall–Kier alpha value is -4.40. The third-order valence-corrected chi connectivity index (χ3v) is 4.68. The lowest BCUT2D eigenvalue weighted by Crippen LogP contribution is -2.13. The Labute approximate surface area is 168 Å². The molecule has 9 heteroatoms. The van der Waals surface area contributed by atoms with Crippen LogP contribution >= 0.6 is 0 Å². The summed E-state index contributed by atoms with van der Waals surface area (Å²) in [6, 6.07) is 13.7. The number of benzene rings is 1. The highest BCUT2D eigenvalue weighted by Gasteiger charge is 2.20. The number of nitrogens with zero attached hydrogens (tertiary/aromatic N) is 2. The molecule has 0 radical (unpaired) electrons. The number of amides is 1. The zero-order chi connectivity index (χ0) is 20.7. The van der Waals surface area contributed by atoms with E-state index in [9.17, 15) is 9.59 Å². The number of nitrogens with one attached hydrogen (secondary N) is 3. The summed E-state index contributed by atoms with van der Waals surface area (Å²) in [5, 5.41) is 12.6. The first-order valence-electron chi connectivity index (χ1n) is 9.09. The zero-order valence-corrected chi connectivity index (χ0v) is 15.7. The summed E-state index contributed by atoms with van der Waals surface area (Å²) in [6.45, 7) is 1.75. The van der Waals surface area contributed by atoms with E-state index in [-0.39, 0.29) is 17.2 Å². The molecule has 0 saturated carbocycles. The minimum Gasteiger partial charge on any atom is -0.463 e. The van der Waals surface area contributed by atoms with Gasteiger partial charge in [-0.1, -0.05) is 17.3 Å². The molecule has 9 nitrogen and oxygen atoms in total. The number of carbonyl (C=O) groups is 1. The molecule has 0 aliphatic heterocycles. The minimum absolute atomic E-state index is 0.208. The highest BCUT2D eigenvalue weighted by molar-refractivity contribution is 6.13. The predicted molar refractivity (Wildman–Crippen MR) is 109 cm³/mol. The summed E-state index contributed by atoms with van der Waals surface area (Å²) in [5.41, 5.74) is 3.55. The molecule has 3 N–H and O–H groups in total. The Morgan fingerprint density at radius 2 is 1.93 bits per heavy atom. The quantitative estimate of drug-likeness (QED) is 0.421. The average molecular weight is 401 g/mol. The lowest BCUT2D eigenvalue weighted by atomic mass is 10.1. The lowest BCUT2D eigenvalue weighted by molar-refractivity contribution is 0.102. The Morgan fingerprint density at radius 1 is 1.10 bits per heavy atom. The first-order valence-corrected chi connectivity index (χ1v) is 9.09. The van der Waals surface area contributed by atoms with Crippen LogP contribution in [0.4, 0.5) is 5.69 Å². The second kappa shape index (κ2) is 6.89. The van der Waals surface area contributed by atoms with Gasteiger partial charge in [-0.05, 0) is 42.8 Å². The highest BCUT2D eigenvalue weighted by atomic mass is 16.5. The fourth-order valence-electron chi connectivity index (χ4n) is 3.24. The fourth-order valence-corrected chi connectivity index (χ4v) is 3.24. The molecule has 148 valence electrons. The van der Waals surface area contributed by atoms with Crippen molar-refractivity contribution in [1.82, 2.24) is 20.3 Å². The van der Waals surface area contributed by atoms with Gasteiger partial charge in [-0.15, -0.1) is 0 Å². The molecule has 5 aromatic rings. The number of aryl methyl sites for hydroxylation is 1. The van der Waals surface area contributed by atoms with Crippen LogP contribution in [-0.4, -0.2) is 26.2 Å². The van der Waals surface area contributed by atoms with Crippen molar-refractivity contribution in [3.63, 3.8) is 0 Å². The van der Waals surface area contributed by atoms with Crippen molar-refractivity contribution in [2.45, 2.75) is 6.92 Å². The second-order valence-corrected chi connectivity index (χ2v) is 6.68. The number of carbonyl (C=O) groups excluding carboxylic acids is 1. The molecular weight excluding hydrogens is 386 g/mol. The van der Waals surface area contributed by atoms with Crippen molar-refractivity contribution >= 4 is 22.7 Å². The van der Waals surface area contributed by atoms with Crippen LogP contribution in [0.15, 0.2) is 68.5 Å². The van der Waals surface area contributed by atoms with Crippen LogP contribution in [0.25, 0.3) is 33.8 Å². The number of aromatic amines is 2. The molecule has 0 spiro atoms. The summed E-state index contributed by atoms with van der Waals surface area (Å²) in [5.74, 6) is 0.189. The van der Waals surface area contributed by atoms with Gasteiger partial charge in [0.1, 0.15) is 5.69 Å². The van der Waals surface area contributed by atoms with Crippen LogP contribution in [0, 0.1) is 6.92 Å². The minimum atomic E-state index is -0.329. The number of fused-ring (bicyclic) bond motifs is 1. The molecule has 0 aliphatic carbocycles. The predicted octanol–water partition coefficient (Wildman–Crippen LogP) is 3.73. The van der Waals surface area contributed by atoms with Crippen LogP contribution in [-0.2, 0) is 0 Å². The van der Waals surface area contributed by atoms with Gasteiger partial charge in [0.25, 0.3) is 17.2 Å². The summed E-state index contributed by atoms with van der Waals surface area (Å²) in [7, 11) is 0. The van der Waals surface area contributed by atoms with E-state index in [1.165, 1.54) is 12.3 Å². The van der Waals surface area contributed by atoms with Gasteiger partial charge in [0.05, 0.1) is 28.6 Å². The van der Waals surface area contributed by atoms with Crippen LogP contribution < -0.4 is 10.9 Å². The van der Waals surface area contributed by atoms with Crippen molar-refractivity contribution in [3.05, 3.63) is 76.4 Å². The van der Waals surface area contributed by atoms with Crippen molar-refractivity contribution in [3.8, 4) is 22.7 Å². The summed E-state index contributed by atoms with van der Waals surface area (Å²) in [6.07, 6.45) is 1.53. The molecular formula is C21H15N5O4. The van der Waals surface area contributed by atoms with Gasteiger partial charge in [0, 0.05) is 11.8 Å². The normalized spacial score (nSPS) is 11.1. The van der Waals surface area contributed by atoms with E-state index >= 15 is 0 Å². The SMILES string of the molecule is Cc1noc2nc(-c3ccco3)cc(C(=O)Nc3ccc(-c4cc(=O)[nH][nH]4)cc3)c12. The van der Waals surface area contributed by atoms with Gasteiger partial charge >= 0.3 is 0 Å². The van der Waals surface area contributed by atoms with Gasteiger partial charge in [-0.3, -0.25) is 19.8 Å². The summed E-state index contributed by atoms with van der Waals surface area (Å²) < 4.78 is 10.7. The number of pyridine rings is 1. The van der Waals surface area contributed by atoms with Gasteiger partial charge in [-0.25, -0.2) is 4.98 Å². The highest BCUT2D eigenvalue weighted by Crippen LogP contribution is 2.28. The molecule has 4 heterocycles. The van der Waals surface area contributed by atoms with E-state index in [1.807, 2.05) is 0 Å². The second-order valence-electron chi connectivity index (χ2n) is 6.68. The number of furan rings is 1. The Balaban J connectivity index is 1.48. The Morgan fingerprint density at radius 3 is 2.63 bits per heavy atom. The lowest BCUT2D eigenvalue weighted by Gasteiger charge is -2.08. The standard InChI is InChI=1S/C21H15N5O4/c1-11-19-14(9-16(17-3-2-8-29-17)23-21(19)30-26-11)20(28)22-13-6-4-12(5-7-13)15-10-18(27)25-24-15/h2-10H,1H3,(H,22,28)(H2,24,25,27). The first kappa shape index (κ1) is 17.7.